The molecule has 1 saturated carbocycles. The van der Waals surface area contributed by atoms with Crippen LogP contribution in [-0.2, 0) is 29.8 Å². The second kappa shape index (κ2) is 9.80. The first-order chi connectivity index (χ1) is 15.7. The number of likely N-dealkylation sites (N-methyl/N-ethyl adjacent to an activating group) is 1. The van der Waals surface area contributed by atoms with Crippen LogP contribution in [0.4, 0.5) is 5.69 Å². The van der Waals surface area contributed by atoms with Crippen molar-refractivity contribution in [1.29, 1.82) is 0 Å². The summed E-state index contributed by atoms with van der Waals surface area (Å²) < 4.78 is 42.2. The third-order valence-corrected chi connectivity index (χ3v) is 7.37. The summed E-state index contributed by atoms with van der Waals surface area (Å²) in [7, 11) is 0.259. The number of rotatable bonds is 10. The van der Waals surface area contributed by atoms with Crippen LogP contribution in [0.25, 0.3) is 0 Å². The molecule has 3 rings (SSSR count). The van der Waals surface area contributed by atoms with Crippen LogP contribution in [0.2, 0.25) is 0 Å². The molecule has 0 atom stereocenters. The van der Waals surface area contributed by atoms with Crippen LogP contribution in [0.15, 0.2) is 47.4 Å². The van der Waals surface area contributed by atoms with Crippen molar-refractivity contribution in [3.05, 3.63) is 48.0 Å². The molecule has 0 spiro atoms. The van der Waals surface area contributed by atoms with Gasteiger partial charge in [-0.1, -0.05) is 12.1 Å². The van der Waals surface area contributed by atoms with Gasteiger partial charge in [-0.2, -0.15) is 4.31 Å². The summed E-state index contributed by atoms with van der Waals surface area (Å²) in [6.07, 6.45) is 1.46. The molecule has 1 fully saturated rings. The maximum Gasteiger partial charge on any atom is 0.316 e. The van der Waals surface area contributed by atoms with Gasteiger partial charge in [0.2, 0.25) is 15.9 Å². The van der Waals surface area contributed by atoms with E-state index in [1.54, 1.807) is 31.2 Å². The van der Waals surface area contributed by atoms with Gasteiger partial charge in [0.25, 0.3) is 0 Å². The molecule has 2 aromatic carbocycles. The lowest BCUT2D eigenvalue weighted by Gasteiger charge is -2.18. The number of esters is 1. The molecule has 10 heteroatoms. The lowest BCUT2D eigenvalue weighted by molar-refractivity contribution is -0.146. The summed E-state index contributed by atoms with van der Waals surface area (Å²) in [5.41, 5.74) is 0.749. The molecule has 0 heterocycles. The topological polar surface area (TPSA) is 111 Å². The summed E-state index contributed by atoms with van der Waals surface area (Å²) in [5, 5.41) is 2.68. The fourth-order valence-corrected chi connectivity index (χ4v) is 4.67. The molecule has 1 aliphatic carbocycles. The van der Waals surface area contributed by atoms with Gasteiger partial charge >= 0.3 is 5.97 Å². The predicted molar refractivity (Wildman–Crippen MR) is 122 cm³/mol. The van der Waals surface area contributed by atoms with Crippen molar-refractivity contribution in [1.82, 2.24) is 4.31 Å². The molecular formula is C23H28N2O7S. The van der Waals surface area contributed by atoms with Gasteiger partial charge < -0.3 is 19.5 Å². The van der Waals surface area contributed by atoms with E-state index in [1.165, 1.54) is 39.5 Å². The Kier molecular flexibility index (Phi) is 7.28. The first-order valence-corrected chi connectivity index (χ1v) is 11.9. The zero-order valence-electron chi connectivity index (χ0n) is 19.1. The van der Waals surface area contributed by atoms with Gasteiger partial charge in [0.1, 0.15) is 0 Å². The van der Waals surface area contributed by atoms with Crippen LogP contribution in [-0.4, -0.2) is 59.0 Å². The van der Waals surface area contributed by atoms with E-state index in [2.05, 4.69) is 5.32 Å². The van der Waals surface area contributed by atoms with Crippen LogP contribution >= 0.6 is 0 Å². The molecule has 0 saturated heterocycles. The zero-order valence-corrected chi connectivity index (χ0v) is 19.9. The second-order valence-electron chi connectivity index (χ2n) is 7.71. The van der Waals surface area contributed by atoms with Crippen LogP contribution in [0.1, 0.15) is 25.3 Å². The average Bonchev–Trinajstić information content (AvgIpc) is 3.61. The van der Waals surface area contributed by atoms with Gasteiger partial charge in [0.05, 0.1) is 37.7 Å². The highest BCUT2D eigenvalue weighted by Crippen LogP contribution is 2.49. The molecule has 0 unspecified atom stereocenters. The molecule has 0 bridgehead atoms. The largest absolute Gasteiger partial charge is 0.493 e. The van der Waals surface area contributed by atoms with Crippen molar-refractivity contribution in [3.63, 3.8) is 0 Å². The highest BCUT2D eigenvalue weighted by Gasteiger charge is 2.52. The molecule has 2 aromatic rings. The standard InChI is InChI=1S/C23H28N2O7S/c1-5-32-22(27)23(12-13-23)16-6-8-17(9-7-16)24-21(26)15-25(2)33(28,29)18-10-11-19(30-3)20(14-18)31-4/h6-11,14H,5,12-13,15H2,1-4H3,(H,24,26). The number of hydrogen-bond acceptors (Lipinski definition) is 7. The monoisotopic (exact) mass is 476 g/mol. The van der Waals surface area contributed by atoms with E-state index in [4.69, 9.17) is 14.2 Å². The number of hydrogen-bond donors (Lipinski definition) is 1. The number of carbonyl (C=O) groups is 2. The van der Waals surface area contributed by atoms with Gasteiger partial charge in [-0.25, -0.2) is 8.42 Å². The van der Waals surface area contributed by atoms with E-state index in [-0.39, 0.29) is 23.2 Å². The average molecular weight is 477 g/mol. The molecule has 1 N–H and O–H groups in total. The van der Waals surface area contributed by atoms with Crippen LogP contribution in [0, 0.1) is 0 Å². The Labute approximate surface area is 193 Å². The lowest BCUT2D eigenvalue weighted by atomic mass is 9.96. The van der Waals surface area contributed by atoms with E-state index in [0.717, 1.165) is 22.7 Å². The van der Waals surface area contributed by atoms with Crippen molar-refractivity contribution in [2.24, 2.45) is 0 Å². The van der Waals surface area contributed by atoms with Gasteiger partial charge in [0, 0.05) is 18.8 Å². The molecule has 33 heavy (non-hydrogen) atoms. The highest BCUT2D eigenvalue weighted by atomic mass is 32.2. The Balaban J connectivity index is 1.65. The molecule has 1 aliphatic rings. The van der Waals surface area contributed by atoms with Gasteiger partial charge in [-0.3, -0.25) is 9.59 Å². The Bertz CT molecular complexity index is 1130. The van der Waals surface area contributed by atoms with Crippen LogP contribution in [0.3, 0.4) is 0 Å². The van der Waals surface area contributed by atoms with E-state index in [0.29, 0.717) is 18.0 Å². The highest BCUT2D eigenvalue weighted by molar-refractivity contribution is 7.89. The van der Waals surface area contributed by atoms with Crippen LogP contribution in [0.5, 0.6) is 11.5 Å². The molecule has 0 aromatic heterocycles. The van der Waals surface area contributed by atoms with E-state index < -0.39 is 21.3 Å². The molecule has 0 radical (unpaired) electrons. The number of sulfonamides is 1. The Morgan fingerprint density at radius 2 is 1.67 bits per heavy atom. The third kappa shape index (κ3) is 5.12. The number of ether oxygens (including phenoxy) is 3. The van der Waals surface area contributed by atoms with E-state index in [9.17, 15) is 18.0 Å². The summed E-state index contributed by atoms with van der Waals surface area (Å²) in [6.45, 7) is 1.72. The molecule has 9 nitrogen and oxygen atoms in total. The predicted octanol–water partition coefficient (Wildman–Crippen LogP) is 2.56. The molecular weight excluding hydrogens is 448 g/mol. The summed E-state index contributed by atoms with van der Waals surface area (Å²) in [5.74, 6) is -0.0615. The van der Waals surface area contributed by atoms with E-state index in [1.807, 2.05) is 0 Å². The lowest BCUT2D eigenvalue weighted by Crippen LogP contribution is -2.35. The smallest absolute Gasteiger partial charge is 0.316 e. The minimum atomic E-state index is -3.93. The minimum absolute atomic E-state index is 0.0199. The van der Waals surface area contributed by atoms with Crippen molar-refractivity contribution in [2.45, 2.75) is 30.1 Å². The Morgan fingerprint density at radius 1 is 1.03 bits per heavy atom. The quantitative estimate of drug-likeness (QED) is 0.525. The first-order valence-electron chi connectivity index (χ1n) is 10.4. The Hall–Kier alpha value is -3.11. The van der Waals surface area contributed by atoms with Crippen molar-refractivity contribution < 1.29 is 32.2 Å². The minimum Gasteiger partial charge on any atom is -0.493 e. The molecule has 178 valence electrons. The fraction of sp³-hybridized carbons (Fsp3) is 0.391. The van der Waals surface area contributed by atoms with Crippen molar-refractivity contribution in [2.75, 3.05) is 39.7 Å². The fourth-order valence-electron chi connectivity index (χ4n) is 3.52. The third-order valence-electron chi connectivity index (χ3n) is 5.57. The Morgan fingerprint density at radius 3 is 2.21 bits per heavy atom. The number of amides is 1. The van der Waals surface area contributed by atoms with Crippen molar-refractivity contribution in [3.8, 4) is 11.5 Å². The SMILES string of the molecule is CCOC(=O)C1(c2ccc(NC(=O)CN(C)S(=O)(=O)c3ccc(OC)c(OC)c3)cc2)CC1. The zero-order chi connectivity index (χ0) is 24.2. The number of methoxy groups -OCH3 is 2. The van der Waals surface area contributed by atoms with Crippen LogP contribution < -0.4 is 14.8 Å². The van der Waals surface area contributed by atoms with Gasteiger partial charge in [0.15, 0.2) is 11.5 Å². The number of anilines is 1. The maximum absolute atomic E-state index is 12.9. The first kappa shape index (κ1) is 24.5. The van der Waals surface area contributed by atoms with E-state index >= 15 is 0 Å². The molecule has 0 aliphatic heterocycles. The number of carbonyl (C=O) groups excluding carboxylic acids is 2. The maximum atomic E-state index is 12.9. The normalized spacial score (nSPS) is 14.5. The summed E-state index contributed by atoms with van der Waals surface area (Å²) in [6, 6.07) is 11.2. The van der Waals surface area contributed by atoms with Gasteiger partial charge in [-0.15, -0.1) is 0 Å². The number of nitrogens with one attached hydrogen (secondary N) is 1. The molecule has 1 amide bonds. The van der Waals surface area contributed by atoms with Gasteiger partial charge in [-0.05, 0) is 49.6 Å². The second-order valence-corrected chi connectivity index (χ2v) is 9.75. The van der Waals surface area contributed by atoms with Crippen molar-refractivity contribution >= 4 is 27.6 Å². The summed E-state index contributed by atoms with van der Waals surface area (Å²) >= 11 is 0. The number of nitrogens with zero attached hydrogens (tertiary/aromatic N) is 1. The summed E-state index contributed by atoms with van der Waals surface area (Å²) in [4.78, 5) is 24.7. The number of benzene rings is 2.